The second kappa shape index (κ2) is 8.27. The van der Waals surface area contributed by atoms with Crippen molar-refractivity contribution < 1.29 is 9.53 Å². The van der Waals surface area contributed by atoms with Crippen LogP contribution in [0.25, 0.3) is 0 Å². The number of carbonyl (C=O) groups excluding carboxylic acids is 1. The molecular weight excluding hydrogens is 444 g/mol. The van der Waals surface area contributed by atoms with Gasteiger partial charge in [-0.1, -0.05) is 54.1 Å². The van der Waals surface area contributed by atoms with E-state index in [1.165, 1.54) is 0 Å². The number of ether oxygens (including phenoxy) is 1. The van der Waals surface area contributed by atoms with Crippen LogP contribution in [-0.2, 0) is 5.54 Å². The van der Waals surface area contributed by atoms with Crippen molar-refractivity contribution in [3.05, 3.63) is 118 Å². The molecule has 1 atom stereocenters. The SMILES string of the molecule is CCN(CC)c1ccc2c(c1)Oc1cc(C)ccc1C21c2ccccc2C(=O)N1c1ccc(C)cc1. The van der Waals surface area contributed by atoms with Crippen LogP contribution in [0.15, 0.2) is 84.9 Å². The third-order valence-corrected chi connectivity index (χ3v) is 7.61. The van der Waals surface area contributed by atoms with Crippen molar-refractivity contribution >= 4 is 17.3 Å². The molecule has 0 aromatic heterocycles. The molecule has 0 N–H and O–H groups in total. The molecule has 6 rings (SSSR count). The van der Waals surface area contributed by atoms with E-state index in [9.17, 15) is 4.79 Å². The fourth-order valence-corrected chi connectivity index (χ4v) is 5.87. The van der Waals surface area contributed by atoms with Gasteiger partial charge in [0.1, 0.15) is 17.0 Å². The molecule has 4 aromatic carbocycles. The van der Waals surface area contributed by atoms with E-state index in [2.05, 4.69) is 87.2 Å². The van der Waals surface area contributed by atoms with E-state index in [0.29, 0.717) is 0 Å². The van der Waals surface area contributed by atoms with Crippen molar-refractivity contribution in [3.63, 3.8) is 0 Å². The number of fused-ring (bicyclic) bond motifs is 6. The topological polar surface area (TPSA) is 32.8 Å². The standard InChI is InChI=1S/C32H30N2O2/c1-5-33(6-2)24-16-18-28-30(20-24)36-29-19-22(4)13-17-27(29)32(28)26-10-8-7-9-25(26)31(35)34(32)23-14-11-21(3)12-15-23/h7-20H,5-6H2,1-4H3. The maximum atomic E-state index is 14.2. The van der Waals surface area contributed by atoms with Crippen LogP contribution in [0.5, 0.6) is 11.5 Å². The molecule has 36 heavy (non-hydrogen) atoms. The molecule has 4 aromatic rings. The van der Waals surface area contributed by atoms with Gasteiger partial charge in [-0.05, 0) is 63.6 Å². The highest BCUT2D eigenvalue weighted by atomic mass is 16.5. The van der Waals surface area contributed by atoms with E-state index in [1.54, 1.807) is 0 Å². The smallest absolute Gasteiger partial charge is 0.260 e. The molecule has 1 unspecified atom stereocenters. The summed E-state index contributed by atoms with van der Waals surface area (Å²) in [6.07, 6.45) is 0. The van der Waals surface area contributed by atoms with Gasteiger partial charge in [-0.3, -0.25) is 9.69 Å². The first-order valence-corrected chi connectivity index (χ1v) is 12.7. The van der Waals surface area contributed by atoms with Crippen LogP contribution in [0.4, 0.5) is 11.4 Å². The predicted molar refractivity (Wildman–Crippen MR) is 146 cm³/mol. The third kappa shape index (κ3) is 3.03. The number of nitrogens with zero attached hydrogens (tertiary/aromatic N) is 2. The summed E-state index contributed by atoms with van der Waals surface area (Å²) >= 11 is 0. The minimum Gasteiger partial charge on any atom is -0.456 e. The summed E-state index contributed by atoms with van der Waals surface area (Å²) in [4.78, 5) is 18.5. The van der Waals surface area contributed by atoms with Gasteiger partial charge in [0.05, 0.1) is 0 Å². The van der Waals surface area contributed by atoms with Gasteiger partial charge in [-0.25, -0.2) is 0 Å². The van der Waals surface area contributed by atoms with Crippen molar-refractivity contribution in [2.75, 3.05) is 22.9 Å². The summed E-state index contributed by atoms with van der Waals surface area (Å²) in [5, 5.41) is 0. The van der Waals surface area contributed by atoms with Gasteiger partial charge in [0.15, 0.2) is 0 Å². The van der Waals surface area contributed by atoms with E-state index in [1.807, 2.05) is 35.2 Å². The highest BCUT2D eigenvalue weighted by Crippen LogP contribution is 2.58. The summed E-state index contributed by atoms with van der Waals surface area (Å²) in [5.74, 6) is 1.58. The lowest BCUT2D eigenvalue weighted by Gasteiger charge is -2.44. The van der Waals surface area contributed by atoms with E-state index < -0.39 is 5.54 Å². The monoisotopic (exact) mass is 474 g/mol. The lowest BCUT2D eigenvalue weighted by molar-refractivity contribution is 0.0985. The van der Waals surface area contributed by atoms with Gasteiger partial charge in [0.25, 0.3) is 5.91 Å². The second-order valence-corrected chi connectivity index (χ2v) is 9.69. The van der Waals surface area contributed by atoms with Crippen molar-refractivity contribution in [1.29, 1.82) is 0 Å². The van der Waals surface area contributed by atoms with Gasteiger partial charge in [-0.15, -0.1) is 0 Å². The van der Waals surface area contributed by atoms with Gasteiger partial charge in [0, 0.05) is 52.8 Å². The van der Waals surface area contributed by atoms with Gasteiger partial charge in [-0.2, -0.15) is 0 Å². The number of anilines is 2. The molecule has 180 valence electrons. The molecule has 1 spiro atoms. The third-order valence-electron chi connectivity index (χ3n) is 7.61. The van der Waals surface area contributed by atoms with E-state index in [0.717, 1.165) is 69.3 Å². The van der Waals surface area contributed by atoms with Crippen molar-refractivity contribution in [1.82, 2.24) is 0 Å². The molecule has 1 amide bonds. The van der Waals surface area contributed by atoms with E-state index in [-0.39, 0.29) is 5.91 Å². The minimum atomic E-state index is -0.832. The lowest BCUT2D eigenvalue weighted by Crippen LogP contribution is -2.47. The Kier molecular flexibility index (Phi) is 5.15. The average molecular weight is 475 g/mol. The summed E-state index contributed by atoms with van der Waals surface area (Å²) in [5.41, 5.74) is 7.10. The average Bonchev–Trinajstić information content (AvgIpc) is 3.14. The molecule has 4 heteroatoms. The van der Waals surface area contributed by atoms with Crippen LogP contribution >= 0.6 is 0 Å². The van der Waals surface area contributed by atoms with Crippen molar-refractivity contribution in [2.24, 2.45) is 0 Å². The molecule has 0 bridgehead atoms. The summed E-state index contributed by atoms with van der Waals surface area (Å²) in [6, 6.07) is 29.0. The zero-order valence-corrected chi connectivity index (χ0v) is 21.2. The van der Waals surface area contributed by atoms with Crippen molar-refractivity contribution in [2.45, 2.75) is 33.2 Å². The Labute approximate surface area is 212 Å². The molecular formula is C32H30N2O2. The van der Waals surface area contributed by atoms with E-state index >= 15 is 0 Å². The summed E-state index contributed by atoms with van der Waals surface area (Å²) in [6.45, 7) is 10.3. The maximum Gasteiger partial charge on any atom is 0.260 e. The zero-order valence-electron chi connectivity index (χ0n) is 21.2. The van der Waals surface area contributed by atoms with Crippen LogP contribution in [0.2, 0.25) is 0 Å². The Hall–Kier alpha value is -4.05. The van der Waals surface area contributed by atoms with Crippen molar-refractivity contribution in [3.8, 4) is 11.5 Å². The number of rotatable bonds is 4. The molecule has 2 aliphatic heterocycles. The summed E-state index contributed by atoms with van der Waals surface area (Å²) in [7, 11) is 0. The van der Waals surface area contributed by atoms with Crippen LogP contribution in [-0.4, -0.2) is 19.0 Å². The second-order valence-electron chi connectivity index (χ2n) is 9.69. The predicted octanol–water partition coefficient (Wildman–Crippen LogP) is 7.21. The molecule has 2 heterocycles. The Bertz CT molecular complexity index is 1490. The zero-order chi connectivity index (χ0) is 25.0. The fraction of sp³-hybridized carbons (Fsp3) is 0.219. The maximum absolute atomic E-state index is 14.2. The highest BCUT2D eigenvalue weighted by Gasteiger charge is 2.56. The molecule has 2 aliphatic rings. The number of benzene rings is 4. The Morgan fingerprint density at radius 2 is 1.39 bits per heavy atom. The Morgan fingerprint density at radius 3 is 2.11 bits per heavy atom. The number of hydrogen-bond donors (Lipinski definition) is 0. The number of aryl methyl sites for hydroxylation is 2. The van der Waals surface area contributed by atoms with Crippen LogP contribution in [0, 0.1) is 13.8 Å². The quantitative estimate of drug-likeness (QED) is 0.313. The molecule has 0 radical (unpaired) electrons. The van der Waals surface area contributed by atoms with Gasteiger partial charge < -0.3 is 9.64 Å². The van der Waals surface area contributed by atoms with Gasteiger partial charge >= 0.3 is 0 Å². The largest absolute Gasteiger partial charge is 0.456 e. The molecule has 0 saturated heterocycles. The van der Waals surface area contributed by atoms with Gasteiger partial charge in [0.2, 0.25) is 0 Å². The normalized spacial score (nSPS) is 17.4. The lowest BCUT2D eigenvalue weighted by atomic mass is 9.74. The van der Waals surface area contributed by atoms with E-state index in [4.69, 9.17) is 4.74 Å². The molecule has 4 nitrogen and oxygen atoms in total. The molecule has 0 aliphatic carbocycles. The minimum absolute atomic E-state index is 0.00153. The number of amides is 1. The first kappa shape index (κ1) is 22.4. The first-order chi connectivity index (χ1) is 17.5. The van der Waals surface area contributed by atoms with Crippen LogP contribution in [0.3, 0.4) is 0 Å². The number of carbonyl (C=O) groups is 1. The number of hydrogen-bond acceptors (Lipinski definition) is 3. The Balaban J connectivity index is 1.72. The van der Waals surface area contributed by atoms with Crippen LogP contribution < -0.4 is 14.5 Å². The fourth-order valence-electron chi connectivity index (χ4n) is 5.87. The summed E-state index contributed by atoms with van der Waals surface area (Å²) < 4.78 is 6.61. The first-order valence-electron chi connectivity index (χ1n) is 12.7. The van der Waals surface area contributed by atoms with Crippen LogP contribution in [0.1, 0.15) is 52.0 Å². The molecule has 0 saturated carbocycles. The molecule has 0 fully saturated rings. The highest BCUT2D eigenvalue weighted by molar-refractivity contribution is 6.14. The Morgan fingerprint density at radius 1 is 0.750 bits per heavy atom.